The molecule has 0 radical (unpaired) electrons. The lowest BCUT2D eigenvalue weighted by Crippen LogP contribution is -3.12. The van der Waals surface area contributed by atoms with Crippen molar-refractivity contribution in [2.75, 3.05) is 13.1 Å². The summed E-state index contributed by atoms with van der Waals surface area (Å²) in [4.78, 5) is 9.17. The number of rotatable bonds is 4. The molecule has 1 aromatic carbocycles. The highest BCUT2D eigenvalue weighted by Crippen LogP contribution is 2.31. The highest BCUT2D eigenvalue weighted by Gasteiger charge is 2.26. The Morgan fingerprint density at radius 3 is 2.81 bits per heavy atom. The molecule has 0 saturated carbocycles. The third-order valence-corrected chi connectivity index (χ3v) is 6.98. The number of benzene rings is 1. The number of nitrogens with zero attached hydrogens (tertiary/aromatic N) is 5. The molecule has 0 bridgehead atoms. The second-order valence-corrected chi connectivity index (χ2v) is 8.67. The zero-order chi connectivity index (χ0) is 17.3. The topological polar surface area (TPSA) is 60.9 Å². The first kappa shape index (κ1) is 16.0. The fraction of sp³-hybridized carbons (Fsp3) is 0.333. The largest absolute Gasteiger partial charge is 0.315 e. The van der Waals surface area contributed by atoms with E-state index in [9.17, 15) is 0 Å². The molecule has 1 N–H and O–H groups in total. The molecule has 0 amide bonds. The summed E-state index contributed by atoms with van der Waals surface area (Å²) in [5, 5.41) is 16.3. The van der Waals surface area contributed by atoms with E-state index in [4.69, 9.17) is 4.98 Å². The van der Waals surface area contributed by atoms with E-state index < -0.39 is 0 Å². The number of nitrogens with one attached hydrogen (secondary N) is 1. The van der Waals surface area contributed by atoms with Gasteiger partial charge in [0.15, 0.2) is 6.67 Å². The van der Waals surface area contributed by atoms with Crippen LogP contribution < -0.4 is 4.90 Å². The predicted molar refractivity (Wildman–Crippen MR) is 103 cm³/mol. The fourth-order valence-corrected chi connectivity index (χ4v) is 5.29. The molecule has 4 aromatic rings. The minimum absolute atomic E-state index is 0.585. The van der Waals surface area contributed by atoms with Crippen molar-refractivity contribution in [3.8, 4) is 10.7 Å². The average Bonchev–Trinajstić information content (AvgIpc) is 3.42. The van der Waals surface area contributed by atoms with Crippen LogP contribution in [0.3, 0.4) is 0 Å². The number of aromatic nitrogens is 5. The Balaban J connectivity index is 1.22. The van der Waals surface area contributed by atoms with Crippen molar-refractivity contribution in [1.82, 2.24) is 25.2 Å². The van der Waals surface area contributed by atoms with Crippen molar-refractivity contribution in [2.45, 2.75) is 25.4 Å². The number of thiazole rings is 1. The van der Waals surface area contributed by atoms with Crippen molar-refractivity contribution in [3.63, 3.8) is 0 Å². The number of fused-ring (bicyclic) bond motifs is 1. The van der Waals surface area contributed by atoms with Gasteiger partial charge in [-0.1, -0.05) is 18.2 Å². The van der Waals surface area contributed by atoms with Gasteiger partial charge in [0.05, 0.1) is 33.2 Å². The maximum atomic E-state index is 4.85. The van der Waals surface area contributed by atoms with Gasteiger partial charge in [-0.15, -0.1) is 37.7 Å². The molecule has 1 fully saturated rings. The zero-order valence-corrected chi connectivity index (χ0v) is 15.8. The normalized spacial score (nSPS) is 20.6. The van der Waals surface area contributed by atoms with E-state index in [0.717, 1.165) is 36.0 Å². The molecule has 0 aliphatic carbocycles. The number of para-hydroxylation sites is 1. The molecule has 0 unspecified atom stereocenters. The van der Waals surface area contributed by atoms with Crippen molar-refractivity contribution >= 4 is 32.9 Å². The molecule has 8 heteroatoms. The minimum Gasteiger partial charge on any atom is -0.315 e. The molecule has 3 aromatic heterocycles. The van der Waals surface area contributed by atoms with Crippen LogP contribution in [0.2, 0.25) is 0 Å². The van der Waals surface area contributed by atoms with Crippen molar-refractivity contribution < 1.29 is 4.90 Å². The molecule has 1 aliphatic heterocycles. The Labute approximate surface area is 159 Å². The zero-order valence-electron chi connectivity index (χ0n) is 14.2. The van der Waals surface area contributed by atoms with Gasteiger partial charge < -0.3 is 4.90 Å². The molecule has 1 aliphatic rings. The van der Waals surface area contributed by atoms with Crippen LogP contribution in [0.15, 0.2) is 41.8 Å². The van der Waals surface area contributed by atoms with Crippen LogP contribution in [-0.2, 0) is 6.67 Å². The second kappa shape index (κ2) is 6.86. The van der Waals surface area contributed by atoms with Crippen LogP contribution in [0.1, 0.15) is 23.8 Å². The number of hydrogen-bond acceptors (Lipinski definition) is 6. The number of piperidine rings is 1. The fourth-order valence-electron chi connectivity index (χ4n) is 3.51. The Morgan fingerprint density at radius 2 is 2.00 bits per heavy atom. The number of hydrogen-bond donors (Lipinski definition) is 1. The average molecular weight is 384 g/mol. The molecule has 6 nitrogen and oxygen atoms in total. The third-order valence-electron chi connectivity index (χ3n) is 4.91. The number of tetrazole rings is 1. The van der Waals surface area contributed by atoms with Gasteiger partial charge in [-0.25, -0.2) is 4.98 Å². The third kappa shape index (κ3) is 3.15. The molecule has 5 rings (SSSR count). The van der Waals surface area contributed by atoms with Crippen LogP contribution >= 0.6 is 22.7 Å². The molecule has 1 saturated heterocycles. The van der Waals surface area contributed by atoms with Crippen LogP contribution in [0.25, 0.3) is 20.9 Å². The van der Waals surface area contributed by atoms with Crippen LogP contribution in [0, 0.1) is 0 Å². The maximum absolute atomic E-state index is 4.85. The quantitative estimate of drug-likeness (QED) is 0.588. The summed E-state index contributed by atoms with van der Waals surface area (Å²) < 4.78 is 1.30. The first-order valence-corrected chi connectivity index (χ1v) is 10.6. The summed E-state index contributed by atoms with van der Waals surface area (Å²) in [6, 6.07) is 12.5. The summed E-state index contributed by atoms with van der Waals surface area (Å²) in [5.41, 5.74) is 1.13. The highest BCUT2D eigenvalue weighted by atomic mass is 32.1. The minimum atomic E-state index is 0.585. The highest BCUT2D eigenvalue weighted by molar-refractivity contribution is 7.18. The van der Waals surface area contributed by atoms with E-state index in [0.29, 0.717) is 5.92 Å². The van der Waals surface area contributed by atoms with Crippen LogP contribution in [-0.4, -0.2) is 38.3 Å². The standard InChI is InChI=1S/C18H18N6S2/c1-2-5-15-14(4-1)19-18(26-15)13-7-9-23(10-8-13)12-24-21-17(20-22-24)16-6-3-11-25-16/h1-6,11,13H,7-10,12H2/p+1. The van der Waals surface area contributed by atoms with Crippen LogP contribution in [0.4, 0.5) is 0 Å². The van der Waals surface area contributed by atoms with E-state index >= 15 is 0 Å². The van der Waals surface area contributed by atoms with E-state index in [-0.39, 0.29) is 0 Å². The summed E-state index contributed by atoms with van der Waals surface area (Å²) >= 11 is 3.50. The molecule has 4 heterocycles. The van der Waals surface area contributed by atoms with E-state index in [1.807, 2.05) is 28.8 Å². The lowest BCUT2D eigenvalue weighted by molar-refractivity contribution is -0.929. The number of thiophene rings is 1. The van der Waals surface area contributed by atoms with E-state index in [1.54, 1.807) is 16.1 Å². The molecule has 0 spiro atoms. The van der Waals surface area contributed by atoms with Gasteiger partial charge in [0.1, 0.15) is 0 Å². The van der Waals surface area contributed by atoms with Gasteiger partial charge in [0.2, 0.25) is 5.82 Å². The van der Waals surface area contributed by atoms with Crippen LogP contribution in [0.5, 0.6) is 0 Å². The van der Waals surface area contributed by atoms with Gasteiger partial charge in [0.25, 0.3) is 0 Å². The van der Waals surface area contributed by atoms with Crippen molar-refractivity contribution in [3.05, 3.63) is 46.8 Å². The van der Waals surface area contributed by atoms with Gasteiger partial charge in [-0.2, -0.15) is 0 Å². The Morgan fingerprint density at radius 1 is 1.12 bits per heavy atom. The van der Waals surface area contributed by atoms with E-state index in [1.165, 1.54) is 27.4 Å². The lowest BCUT2D eigenvalue weighted by Gasteiger charge is -2.27. The number of likely N-dealkylation sites (tertiary alicyclic amines) is 1. The van der Waals surface area contributed by atoms with Gasteiger partial charge in [-0.05, 0) is 28.8 Å². The molecule has 0 atom stereocenters. The SMILES string of the molecule is c1csc(-c2nnn(C[NH+]3CCC(c4nc5ccccc5s4)CC3)n2)c1. The Bertz CT molecular complexity index is 965. The van der Waals surface area contributed by atoms with Gasteiger partial charge in [0, 0.05) is 18.8 Å². The molecule has 26 heavy (non-hydrogen) atoms. The smallest absolute Gasteiger partial charge is 0.215 e. The monoisotopic (exact) mass is 383 g/mol. The molecular formula is C18H19N6S2+. The van der Waals surface area contributed by atoms with Gasteiger partial charge in [-0.3, -0.25) is 0 Å². The first-order chi connectivity index (χ1) is 12.8. The second-order valence-electron chi connectivity index (χ2n) is 6.66. The lowest BCUT2D eigenvalue weighted by atomic mass is 9.98. The summed E-state index contributed by atoms with van der Waals surface area (Å²) in [6.45, 7) is 3.03. The van der Waals surface area contributed by atoms with E-state index in [2.05, 4.69) is 39.7 Å². The predicted octanol–water partition coefficient (Wildman–Crippen LogP) is 2.43. The summed E-state index contributed by atoms with van der Waals surface area (Å²) in [7, 11) is 0. The summed E-state index contributed by atoms with van der Waals surface area (Å²) in [6.07, 6.45) is 2.34. The van der Waals surface area contributed by atoms with Crippen molar-refractivity contribution in [2.24, 2.45) is 0 Å². The molecule has 132 valence electrons. The Kier molecular flexibility index (Phi) is 4.24. The maximum Gasteiger partial charge on any atom is 0.215 e. The summed E-state index contributed by atoms with van der Waals surface area (Å²) in [5.74, 6) is 1.31. The van der Waals surface area contributed by atoms with Crippen molar-refractivity contribution in [1.29, 1.82) is 0 Å². The van der Waals surface area contributed by atoms with Gasteiger partial charge >= 0.3 is 0 Å². The molecular weight excluding hydrogens is 364 g/mol. The first-order valence-electron chi connectivity index (χ1n) is 8.86. The number of quaternary nitrogens is 1. The Hall–Kier alpha value is -2.16.